The molecule has 1 heterocycles. The molecule has 106 valence electrons. The Labute approximate surface area is 118 Å². The first-order chi connectivity index (χ1) is 9.70. The monoisotopic (exact) mass is 273 g/mol. The van der Waals surface area contributed by atoms with Crippen LogP contribution in [0.2, 0.25) is 0 Å². The summed E-state index contributed by atoms with van der Waals surface area (Å²) in [6, 6.07) is 7.70. The van der Waals surface area contributed by atoms with E-state index >= 15 is 0 Å². The van der Waals surface area contributed by atoms with E-state index in [2.05, 4.69) is 10.1 Å². The van der Waals surface area contributed by atoms with Gasteiger partial charge in [-0.15, -0.1) is 0 Å². The number of nitrogens with two attached hydrogens (primary N) is 1. The minimum absolute atomic E-state index is 0.150. The average Bonchev–Trinajstić information content (AvgIpc) is 2.86. The molecule has 0 aliphatic heterocycles. The number of ether oxygens (including phenoxy) is 1. The summed E-state index contributed by atoms with van der Waals surface area (Å²) in [6.45, 7) is 2.56. The van der Waals surface area contributed by atoms with Crippen LogP contribution in [0.5, 0.6) is 5.75 Å². The molecule has 0 unspecified atom stereocenters. The number of benzene rings is 1. The first-order valence-electron chi connectivity index (χ1n) is 7.04. The highest BCUT2D eigenvalue weighted by atomic mass is 16.5. The molecular weight excluding hydrogens is 254 g/mol. The third kappa shape index (κ3) is 2.54. The molecule has 5 nitrogen and oxygen atoms in total. The van der Waals surface area contributed by atoms with Crippen molar-refractivity contribution >= 4 is 0 Å². The SMILES string of the molecule is CCOc1ccccc1-c1noc(CC2(N)CCC2)n1. The topological polar surface area (TPSA) is 74.2 Å². The van der Waals surface area contributed by atoms with E-state index in [4.69, 9.17) is 15.0 Å². The quantitative estimate of drug-likeness (QED) is 0.906. The second-order valence-corrected chi connectivity index (χ2v) is 5.33. The predicted molar refractivity (Wildman–Crippen MR) is 75.4 cm³/mol. The van der Waals surface area contributed by atoms with Crippen LogP contribution in [0.3, 0.4) is 0 Å². The fourth-order valence-electron chi connectivity index (χ4n) is 2.48. The van der Waals surface area contributed by atoms with Crippen molar-refractivity contribution in [3.8, 4) is 17.1 Å². The van der Waals surface area contributed by atoms with Gasteiger partial charge in [0.2, 0.25) is 11.7 Å². The van der Waals surface area contributed by atoms with Gasteiger partial charge in [0.25, 0.3) is 0 Å². The molecule has 1 aromatic carbocycles. The summed E-state index contributed by atoms with van der Waals surface area (Å²) in [5.74, 6) is 1.94. The standard InChI is InChI=1S/C15H19N3O2/c1-2-19-12-7-4-3-6-11(12)14-17-13(20-18-14)10-15(16)8-5-9-15/h3-4,6-7H,2,5,8-10,16H2,1H3. The van der Waals surface area contributed by atoms with Crippen LogP contribution in [0.1, 0.15) is 32.1 Å². The van der Waals surface area contributed by atoms with Crippen molar-refractivity contribution in [2.24, 2.45) is 5.73 Å². The lowest BCUT2D eigenvalue weighted by Crippen LogP contribution is -2.48. The number of aromatic nitrogens is 2. The lowest BCUT2D eigenvalue weighted by Gasteiger charge is -2.36. The zero-order valence-corrected chi connectivity index (χ0v) is 11.6. The van der Waals surface area contributed by atoms with Crippen LogP contribution in [-0.2, 0) is 6.42 Å². The number of rotatable bonds is 5. The van der Waals surface area contributed by atoms with Crippen molar-refractivity contribution in [2.75, 3.05) is 6.61 Å². The third-order valence-electron chi connectivity index (χ3n) is 3.75. The summed E-state index contributed by atoms with van der Waals surface area (Å²) in [6.07, 6.45) is 3.89. The first kappa shape index (κ1) is 13.1. The van der Waals surface area contributed by atoms with Gasteiger partial charge in [0.05, 0.1) is 12.2 Å². The van der Waals surface area contributed by atoms with Crippen molar-refractivity contribution in [3.63, 3.8) is 0 Å². The van der Waals surface area contributed by atoms with Crippen LogP contribution < -0.4 is 10.5 Å². The van der Waals surface area contributed by atoms with Crippen LogP contribution in [0, 0.1) is 0 Å². The zero-order chi connectivity index (χ0) is 14.0. The van der Waals surface area contributed by atoms with Crippen molar-refractivity contribution in [1.29, 1.82) is 0 Å². The Morgan fingerprint density at radius 3 is 2.85 bits per heavy atom. The normalized spacial score (nSPS) is 16.7. The zero-order valence-electron chi connectivity index (χ0n) is 11.6. The Bertz CT molecular complexity index is 590. The molecule has 1 aliphatic rings. The maximum Gasteiger partial charge on any atom is 0.228 e. The molecular formula is C15H19N3O2. The van der Waals surface area contributed by atoms with Gasteiger partial charge in [0, 0.05) is 12.0 Å². The van der Waals surface area contributed by atoms with Gasteiger partial charge in [-0.3, -0.25) is 0 Å². The van der Waals surface area contributed by atoms with Crippen LogP contribution >= 0.6 is 0 Å². The summed E-state index contributed by atoms with van der Waals surface area (Å²) in [5, 5.41) is 4.05. The summed E-state index contributed by atoms with van der Waals surface area (Å²) < 4.78 is 10.9. The first-order valence-corrected chi connectivity index (χ1v) is 7.04. The van der Waals surface area contributed by atoms with Crippen molar-refractivity contribution in [3.05, 3.63) is 30.2 Å². The summed E-state index contributed by atoms with van der Waals surface area (Å²) >= 11 is 0. The van der Waals surface area contributed by atoms with Crippen LogP contribution in [0.15, 0.2) is 28.8 Å². The summed E-state index contributed by atoms with van der Waals surface area (Å²) in [4.78, 5) is 4.45. The molecule has 0 bridgehead atoms. The molecule has 2 aromatic rings. The van der Waals surface area contributed by atoms with Gasteiger partial charge < -0.3 is 15.0 Å². The van der Waals surface area contributed by atoms with E-state index in [1.165, 1.54) is 6.42 Å². The number of hydrogen-bond acceptors (Lipinski definition) is 5. The minimum atomic E-state index is -0.150. The van der Waals surface area contributed by atoms with E-state index in [0.717, 1.165) is 24.2 Å². The van der Waals surface area contributed by atoms with Crippen molar-refractivity contribution in [1.82, 2.24) is 10.1 Å². The molecule has 1 saturated carbocycles. The Balaban J connectivity index is 1.82. The van der Waals surface area contributed by atoms with Gasteiger partial charge in [-0.1, -0.05) is 17.3 Å². The number of para-hydroxylation sites is 1. The number of nitrogens with zero attached hydrogens (tertiary/aromatic N) is 2. The van der Waals surface area contributed by atoms with E-state index in [1.807, 2.05) is 31.2 Å². The molecule has 3 rings (SSSR count). The predicted octanol–water partition coefficient (Wildman–Crippen LogP) is 2.56. The molecule has 0 spiro atoms. The molecule has 1 fully saturated rings. The van der Waals surface area contributed by atoms with Gasteiger partial charge in [0.15, 0.2) is 0 Å². The second kappa shape index (κ2) is 5.25. The molecule has 20 heavy (non-hydrogen) atoms. The molecule has 0 saturated heterocycles. The molecule has 5 heteroatoms. The fourth-order valence-corrected chi connectivity index (χ4v) is 2.48. The van der Waals surface area contributed by atoms with E-state index < -0.39 is 0 Å². The molecule has 1 aliphatic carbocycles. The van der Waals surface area contributed by atoms with Crippen molar-refractivity contribution in [2.45, 2.75) is 38.1 Å². The molecule has 1 aromatic heterocycles. The average molecular weight is 273 g/mol. The lowest BCUT2D eigenvalue weighted by atomic mass is 9.75. The largest absolute Gasteiger partial charge is 0.493 e. The Kier molecular flexibility index (Phi) is 3.44. The highest BCUT2D eigenvalue weighted by molar-refractivity contribution is 5.63. The van der Waals surface area contributed by atoms with E-state index in [1.54, 1.807) is 0 Å². The van der Waals surface area contributed by atoms with Crippen molar-refractivity contribution < 1.29 is 9.26 Å². The Morgan fingerprint density at radius 2 is 2.15 bits per heavy atom. The van der Waals surface area contributed by atoms with Crippen LogP contribution in [0.25, 0.3) is 11.4 Å². The highest BCUT2D eigenvalue weighted by Gasteiger charge is 2.34. The second-order valence-electron chi connectivity index (χ2n) is 5.33. The van der Waals surface area contributed by atoms with Crippen LogP contribution in [-0.4, -0.2) is 22.3 Å². The van der Waals surface area contributed by atoms with Gasteiger partial charge >= 0.3 is 0 Å². The molecule has 0 radical (unpaired) electrons. The third-order valence-corrected chi connectivity index (χ3v) is 3.75. The summed E-state index contributed by atoms with van der Waals surface area (Å²) in [7, 11) is 0. The summed E-state index contributed by atoms with van der Waals surface area (Å²) in [5.41, 5.74) is 6.91. The fraction of sp³-hybridized carbons (Fsp3) is 0.467. The highest BCUT2D eigenvalue weighted by Crippen LogP contribution is 2.33. The van der Waals surface area contributed by atoms with Gasteiger partial charge in [-0.25, -0.2) is 0 Å². The van der Waals surface area contributed by atoms with E-state index in [-0.39, 0.29) is 5.54 Å². The molecule has 0 amide bonds. The van der Waals surface area contributed by atoms with Crippen LogP contribution in [0.4, 0.5) is 0 Å². The Hall–Kier alpha value is -1.88. The molecule has 0 atom stereocenters. The van der Waals surface area contributed by atoms with E-state index in [9.17, 15) is 0 Å². The maximum atomic E-state index is 6.21. The lowest BCUT2D eigenvalue weighted by molar-refractivity contribution is 0.222. The maximum absolute atomic E-state index is 6.21. The van der Waals surface area contributed by atoms with Gasteiger partial charge in [-0.2, -0.15) is 4.98 Å². The minimum Gasteiger partial charge on any atom is -0.493 e. The number of hydrogen-bond donors (Lipinski definition) is 1. The van der Waals surface area contributed by atoms with Gasteiger partial charge in [0.1, 0.15) is 5.75 Å². The molecule has 2 N–H and O–H groups in total. The van der Waals surface area contributed by atoms with E-state index in [0.29, 0.717) is 24.7 Å². The van der Waals surface area contributed by atoms with Gasteiger partial charge in [-0.05, 0) is 38.3 Å². The Morgan fingerprint density at radius 1 is 1.35 bits per heavy atom. The smallest absolute Gasteiger partial charge is 0.228 e.